The van der Waals surface area contributed by atoms with Gasteiger partial charge in [-0.3, -0.25) is 0 Å². The molecule has 1 rings (SSSR count). The van der Waals surface area contributed by atoms with Gasteiger partial charge in [0.15, 0.2) is 12.4 Å². The van der Waals surface area contributed by atoms with Crippen molar-refractivity contribution in [2.75, 3.05) is 6.54 Å². The van der Waals surface area contributed by atoms with Crippen LogP contribution in [0.4, 0.5) is 0 Å². The van der Waals surface area contributed by atoms with Crippen LogP contribution in [-0.4, -0.2) is 6.54 Å². The lowest BCUT2D eigenvalue weighted by Gasteiger charge is -2.17. The average molecular weight is 193 g/mol. The highest BCUT2D eigenvalue weighted by atomic mass is 14.9. The Hall–Kier alpha value is -0.890. The van der Waals surface area contributed by atoms with E-state index >= 15 is 0 Å². The molecule has 1 heterocycles. The Bertz CT molecular complexity index is 269. The number of rotatable bonds is 3. The van der Waals surface area contributed by atoms with E-state index < -0.39 is 0 Å². The number of nitrogens with zero attached hydrogens (tertiary/aromatic N) is 1. The summed E-state index contributed by atoms with van der Waals surface area (Å²) in [4.78, 5) is 0. The van der Waals surface area contributed by atoms with Crippen molar-refractivity contribution in [1.29, 1.82) is 0 Å². The fourth-order valence-corrected chi connectivity index (χ4v) is 1.38. The summed E-state index contributed by atoms with van der Waals surface area (Å²) in [5.41, 5.74) is 7.08. The average Bonchev–Trinajstić information content (AvgIpc) is 2.14. The topological polar surface area (TPSA) is 29.9 Å². The number of aryl methyl sites for hydroxylation is 1. The van der Waals surface area contributed by atoms with E-state index in [1.165, 1.54) is 5.56 Å². The molecule has 0 amide bonds. The predicted octanol–water partition coefficient (Wildman–Crippen LogP) is 1.62. The van der Waals surface area contributed by atoms with Crippen LogP contribution in [0.5, 0.6) is 0 Å². The molecule has 0 atom stereocenters. The van der Waals surface area contributed by atoms with E-state index in [-0.39, 0.29) is 5.41 Å². The van der Waals surface area contributed by atoms with Crippen molar-refractivity contribution >= 4 is 0 Å². The van der Waals surface area contributed by atoms with Crippen molar-refractivity contribution in [3.8, 4) is 0 Å². The van der Waals surface area contributed by atoms with Crippen LogP contribution in [0.1, 0.15) is 32.8 Å². The Morgan fingerprint density at radius 2 is 1.79 bits per heavy atom. The maximum Gasteiger partial charge on any atom is 0.169 e. The molecule has 2 nitrogen and oxygen atoms in total. The number of nitrogens with two attached hydrogens (primary N) is 1. The molecule has 78 valence electrons. The summed E-state index contributed by atoms with van der Waals surface area (Å²) in [6.07, 6.45) is 5.31. The summed E-state index contributed by atoms with van der Waals surface area (Å²) >= 11 is 0. The zero-order valence-electron chi connectivity index (χ0n) is 9.46. The van der Waals surface area contributed by atoms with Crippen molar-refractivity contribution in [3.05, 3.63) is 30.1 Å². The van der Waals surface area contributed by atoms with Crippen LogP contribution in [-0.2, 0) is 12.0 Å². The second-order valence-electron chi connectivity index (χ2n) is 4.72. The molecule has 0 unspecified atom stereocenters. The van der Waals surface area contributed by atoms with Gasteiger partial charge in [-0.05, 0) is 17.5 Å². The second kappa shape index (κ2) is 4.56. The summed E-state index contributed by atoms with van der Waals surface area (Å²) in [6, 6.07) is 4.38. The smallest absolute Gasteiger partial charge is 0.169 e. The van der Waals surface area contributed by atoms with E-state index in [0.717, 1.165) is 19.5 Å². The Labute approximate surface area is 86.8 Å². The molecule has 0 bridgehead atoms. The van der Waals surface area contributed by atoms with Gasteiger partial charge in [-0.25, -0.2) is 4.57 Å². The molecule has 1 aromatic heterocycles. The standard InChI is InChI=1S/C12H21N2/c1-12(2,3)11-5-9-14(10-6-11)8-4-7-13/h5-6,9-10H,4,7-8,13H2,1-3H3/q+1. The van der Waals surface area contributed by atoms with E-state index in [9.17, 15) is 0 Å². The van der Waals surface area contributed by atoms with Gasteiger partial charge in [0.1, 0.15) is 6.54 Å². The molecule has 0 saturated heterocycles. The lowest BCUT2D eigenvalue weighted by Crippen LogP contribution is -2.34. The first-order valence-corrected chi connectivity index (χ1v) is 5.23. The van der Waals surface area contributed by atoms with Crippen LogP contribution < -0.4 is 10.3 Å². The van der Waals surface area contributed by atoms with Gasteiger partial charge in [0, 0.05) is 18.6 Å². The van der Waals surface area contributed by atoms with Gasteiger partial charge in [-0.1, -0.05) is 20.8 Å². The second-order valence-corrected chi connectivity index (χ2v) is 4.72. The Balaban J connectivity index is 2.69. The zero-order valence-corrected chi connectivity index (χ0v) is 9.46. The van der Waals surface area contributed by atoms with Crippen LogP contribution in [0.25, 0.3) is 0 Å². The fourth-order valence-electron chi connectivity index (χ4n) is 1.38. The Kier molecular flexibility index (Phi) is 3.64. The van der Waals surface area contributed by atoms with Gasteiger partial charge in [-0.2, -0.15) is 0 Å². The molecule has 2 N–H and O–H groups in total. The van der Waals surface area contributed by atoms with Crippen LogP contribution in [0.3, 0.4) is 0 Å². The quantitative estimate of drug-likeness (QED) is 0.726. The molecule has 0 radical (unpaired) electrons. The number of hydrogen-bond acceptors (Lipinski definition) is 1. The normalized spacial score (nSPS) is 11.7. The molecule has 0 spiro atoms. The maximum atomic E-state index is 5.46. The van der Waals surface area contributed by atoms with Gasteiger partial charge in [0.2, 0.25) is 0 Å². The van der Waals surface area contributed by atoms with Gasteiger partial charge >= 0.3 is 0 Å². The SMILES string of the molecule is CC(C)(C)c1cc[n+](CCCN)cc1. The molecule has 0 fully saturated rings. The first kappa shape index (κ1) is 11.2. The van der Waals surface area contributed by atoms with Crippen LogP contribution in [0, 0.1) is 0 Å². The van der Waals surface area contributed by atoms with Gasteiger partial charge in [-0.15, -0.1) is 0 Å². The lowest BCUT2D eigenvalue weighted by molar-refractivity contribution is -0.697. The van der Waals surface area contributed by atoms with Crippen molar-refractivity contribution in [2.24, 2.45) is 5.73 Å². The van der Waals surface area contributed by atoms with Crippen molar-refractivity contribution < 1.29 is 4.57 Å². The van der Waals surface area contributed by atoms with Crippen LogP contribution >= 0.6 is 0 Å². The van der Waals surface area contributed by atoms with E-state index in [1.54, 1.807) is 0 Å². The van der Waals surface area contributed by atoms with Crippen LogP contribution in [0.2, 0.25) is 0 Å². The highest BCUT2D eigenvalue weighted by Gasteiger charge is 2.14. The highest BCUT2D eigenvalue weighted by molar-refractivity contribution is 5.17. The molecule has 2 heteroatoms. The van der Waals surface area contributed by atoms with Gasteiger partial charge in [0.25, 0.3) is 0 Å². The molecule has 0 aliphatic carbocycles. The molecular formula is C12H21N2+. The van der Waals surface area contributed by atoms with Crippen molar-refractivity contribution in [3.63, 3.8) is 0 Å². The molecule has 0 aliphatic heterocycles. The molecule has 14 heavy (non-hydrogen) atoms. The van der Waals surface area contributed by atoms with E-state index in [0.29, 0.717) is 0 Å². The molecule has 1 aromatic rings. The predicted molar refractivity (Wildman–Crippen MR) is 59.0 cm³/mol. The summed E-state index contributed by atoms with van der Waals surface area (Å²) in [7, 11) is 0. The maximum absolute atomic E-state index is 5.46. The van der Waals surface area contributed by atoms with E-state index in [2.05, 4.69) is 49.9 Å². The molecule has 0 saturated carbocycles. The summed E-state index contributed by atoms with van der Waals surface area (Å²) in [5, 5.41) is 0. The molecular weight excluding hydrogens is 172 g/mol. The zero-order chi connectivity index (χ0) is 10.6. The minimum atomic E-state index is 0.243. The highest BCUT2D eigenvalue weighted by Crippen LogP contribution is 2.20. The first-order valence-electron chi connectivity index (χ1n) is 5.23. The third kappa shape index (κ3) is 3.11. The summed E-state index contributed by atoms with van der Waals surface area (Å²) in [6.45, 7) is 8.46. The Morgan fingerprint density at radius 1 is 1.21 bits per heavy atom. The summed E-state index contributed by atoms with van der Waals surface area (Å²) < 4.78 is 2.18. The lowest BCUT2D eigenvalue weighted by atomic mass is 9.88. The Morgan fingerprint density at radius 3 is 2.21 bits per heavy atom. The van der Waals surface area contributed by atoms with Gasteiger partial charge in [0.05, 0.1) is 0 Å². The summed E-state index contributed by atoms with van der Waals surface area (Å²) in [5.74, 6) is 0. The fraction of sp³-hybridized carbons (Fsp3) is 0.583. The monoisotopic (exact) mass is 193 g/mol. The van der Waals surface area contributed by atoms with E-state index in [1.807, 2.05) is 0 Å². The first-order chi connectivity index (χ1) is 6.54. The molecule has 0 aromatic carbocycles. The third-order valence-electron chi connectivity index (χ3n) is 2.38. The molecule has 0 aliphatic rings. The largest absolute Gasteiger partial charge is 0.330 e. The number of pyridine rings is 1. The number of aromatic nitrogens is 1. The minimum absolute atomic E-state index is 0.243. The minimum Gasteiger partial charge on any atom is -0.330 e. The number of hydrogen-bond donors (Lipinski definition) is 1. The van der Waals surface area contributed by atoms with Crippen molar-refractivity contribution in [2.45, 2.75) is 39.2 Å². The van der Waals surface area contributed by atoms with Gasteiger partial charge < -0.3 is 5.73 Å². The van der Waals surface area contributed by atoms with Crippen molar-refractivity contribution in [1.82, 2.24) is 0 Å². The van der Waals surface area contributed by atoms with Crippen LogP contribution in [0.15, 0.2) is 24.5 Å². The third-order valence-corrected chi connectivity index (χ3v) is 2.38. The van der Waals surface area contributed by atoms with E-state index in [4.69, 9.17) is 5.73 Å².